The van der Waals surface area contributed by atoms with Crippen molar-refractivity contribution in [3.05, 3.63) is 47.9 Å². The summed E-state index contributed by atoms with van der Waals surface area (Å²) in [5, 5.41) is 2.83. The van der Waals surface area contributed by atoms with Gasteiger partial charge in [0, 0.05) is 31.3 Å². The van der Waals surface area contributed by atoms with Crippen molar-refractivity contribution in [3.8, 4) is 0 Å². The largest absolute Gasteiger partial charge is 0.382 e. The highest BCUT2D eigenvalue weighted by Gasteiger charge is 2.17. The molecule has 114 valence electrons. The van der Waals surface area contributed by atoms with Gasteiger partial charge in [-0.15, -0.1) is 0 Å². The lowest BCUT2D eigenvalue weighted by molar-refractivity contribution is 0.0853. The standard InChI is InChI=1S/C16H18N4O2/c17-15-14(18-6-7-19-15)16(21)20-13-3-1-2-12(10-13)11-4-8-22-9-5-11/h1-3,6-7,10-11H,4-5,8-9H2,(H2,17,19)(H,20,21). The number of carbonyl (C=O) groups excluding carboxylic acids is 1. The molecule has 1 aliphatic rings. The third-order valence-electron chi connectivity index (χ3n) is 3.78. The molecule has 1 amide bonds. The molecular weight excluding hydrogens is 280 g/mol. The number of benzene rings is 1. The smallest absolute Gasteiger partial charge is 0.278 e. The highest BCUT2D eigenvalue weighted by atomic mass is 16.5. The van der Waals surface area contributed by atoms with Crippen molar-refractivity contribution in [1.82, 2.24) is 9.97 Å². The highest BCUT2D eigenvalue weighted by molar-refractivity contribution is 6.05. The molecule has 1 fully saturated rings. The van der Waals surface area contributed by atoms with Crippen LogP contribution in [0.1, 0.15) is 34.8 Å². The van der Waals surface area contributed by atoms with Crippen LogP contribution in [0.25, 0.3) is 0 Å². The Bertz CT molecular complexity index is 669. The van der Waals surface area contributed by atoms with Gasteiger partial charge >= 0.3 is 0 Å². The van der Waals surface area contributed by atoms with E-state index in [1.165, 1.54) is 18.0 Å². The van der Waals surface area contributed by atoms with Gasteiger partial charge in [-0.2, -0.15) is 0 Å². The van der Waals surface area contributed by atoms with Crippen molar-refractivity contribution in [2.24, 2.45) is 0 Å². The average molecular weight is 298 g/mol. The van der Waals surface area contributed by atoms with Gasteiger partial charge in [-0.1, -0.05) is 12.1 Å². The monoisotopic (exact) mass is 298 g/mol. The normalized spacial score (nSPS) is 15.5. The minimum atomic E-state index is -0.352. The number of nitrogen functional groups attached to an aromatic ring is 1. The fraction of sp³-hybridized carbons (Fsp3) is 0.312. The third kappa shape index (κ3) is 3.23. The number of nitrogens with zero attached hydrogens (tertiary/aromatic N) is 2. The van der Waals surface area contributed by atoms with Crippen molar-refractivity contribution in [3.63, 3.8) is 0 Å². The van der Waals surface area contributed by atoms with E-state index >= 15 is 0 Å². The lowest BCUT2D eigenvalue weighted by Gasteiger charge is -2.22. The van der Waals surface area contributed by atoms with Crippen LogP contribution in [0.5, 0.6) is 0 Å². The van der Waals surface area contributed by atoms with E-state index in [-0.39, 0.29) is 17.4 Å². The Morgan fingerprint density at radius 2 is 2.00 bits per heavy atom. The molecule has 0 saturated carbocycles. The number of hydrogen-bond donors (Lipinski definition) is 2. The molecule has 1 saturated heterocycles. The molecule has 0 aliphatic carbocycles. The molecule has 0 bridgehead atoms. The first-order chi connectivity index (χ1) is 10.7. The van der Waals surface area contributed by atoms with E-state index in [9.17, 15) is 4.79 Å². The lowest BCUT2D eigenvalue weighted by Crippen LogP contribution is -2.17. The van der Waals surface area contributed by atoms with Crippen LogP contribution < -0.4 is 11.1 Å². The van der Waals surface area contributed by atoms with Gasteiger partial charge in [0.15, 0.2) is 11.5 Å². The SMILES string of the molecule is Nc1nccnc1C(=O)Nc1cccc(C2CCOCC2)c1. The quantitative estimate of drug-likeness (QED) is 0.906. The summed E-state index contributed by atoms with van der Waals surface area (Å²) < 4.78 is 5.39. The van der Waals surface area contributed by atoms with Crippen LogP contribution in [0.4, 0.5) is 11.5 Å². The molecule has 1 aliphatic heterocycles. The summed E-state index contributed by atoms with van der Waals surface area (Å²) in [7, 11) is 0. The second-order valence-corrected chi connectivity index (χ2v) is 5.26. The maximum absolute atomic E-state index is 12.2. The maximum atomic E-state index is 12.2. The highest BCUT2D eigenvalue weighted by Crippen LogP contribution is 2.28. The van der Waals surface area contributed by atoms with E-state index in [4.69, 9.17) is 10.5 Å². The van der Waals surface area contributed by atoms with Crippen LogP contribution in [0.2, 0.25) is 0 Å². The topological polar surface area (TPSA) is 90.1 Å². The summed E-state index contributed by atoms with van der Waals surface area (Å²) in [6.07, 6.45) is 4.92. The second kappa shape index (κ2) is 6.53. The summed E-state index contributed by atoms with van der Waals surface area (Å²) in [5.74, 6) is 0.252. The molecule has 2 aromatic rings. The zero-order valence-corrected chi connectivity index (χ0v) is 12.2. The number of anilines is 2. The number of nitrogens with two attached hydrogens (primary N) is 1. The fourth-order valence-electron chi connectivity index (χ4n) is 2.62. The van der Waals surface area contributed by atoms with Crippen molar-refractivity contribution in [2.45, 2.75) is 18.8 Å². The van der Waals surface area contributed by atoms with E-state index < -0.39 is 0 Å². The number of ether oxygens (including phenoxy) is 1. The molecule has 0 atom stereocenters. The second-order valence-electron chi connectivity index (χ2n) is 5.26. The number of carbonyl (C=O) groups is 1. The van der Waals surface area contributed by atoms with E-state index in [0.29, 0.717) is 5.92 Å². The first-order valence-corrected chi connectivity index (χ1v) is 7.29. The average Bonchev–Trinajstić information content (AvgIpc) is 2.56. The van der Waals surface area contributed by atoms with E-state index in [0.717, 1.165) is 31.7 Å². The Morgan fingerprint density at radius 3 is 2.77 bits per heavy atom. The van der Waals surface area contributed by atoms with E-state index in [2.05, 4.69) is 21.4 Å². The van der Waals surface area contributed by atoms with Crippen LogP contribution in [0.3, 0.4) is 0 Å². The van der Waals surface area contributed by atoms with Gasteiger partial charge < -0.3 is 15.8 Å². The number of aromatic nitrogens is 2. The molecule has 22 heavy (non-hydrogen) atoms. The predicted molar refractivity (Wildman–Crippen MR) is 83.6 cm³/mol. The zero-order valence-electron chi connectivity index (χ0n) is 12.2. The van der Waals surface area contributed by atoms with Crippen molar-refractivity contribution in [2.75, 3.05) is 24.3 Å². The summed E-state index contributed by atoms with van der Waals surface area (Å²) in [4.78, 5) is 20.1. The molecule has 1 aromatic heterocycles. The molecule has 2 heterocycles. The summed E-state index contributed by atoms with van der Waals surface area (Å²) >= 11 is 0. The van der Waals surface area contributed by atoms with Crippen LogP contribution in [0.15, 0.2) is 36.7 Å². The molecule has 0 radical (unpaired) electrons. The van der Waals surface area contributed by atoms with Gasteiger partial charge in [0.25, 0.3) is 5.91 Å². The molecule has 6 heteroatoms. The van der Waals surface area contributed by atoms with Crippen LogP contribution in [-0.2, 0) is 4.74 Å². The molecule has 3 N–H and O–H groups in total. The van der Waals surface area contributed by atoms with Crippen molar-refractivity contribution in [1.29, 1.82) is 0 Å². The molecule has 1 aromatic carbocycles. The van der Waals surface area contributed by atoms with Gasteiger partial charge in [-0.05, 0) is 36.5 Å². The Balaban J connectivity index is 1.75. The Morgan fingerprint density at radius 1 is 1.23 bits per heavy atom. The summed E-state index contributed by atoms with van der Waals surface area (Å²) in [5.41, 5.74) is 7.76. The van der Waals surface area contributed by atoms with Gasteiger partial charge in [0.2, 0.25) is 0 Å². The Kier molecular flexibility index (Phi) is 4.29. The molecule has 0 spiro atoms. The molecular formula is C16H18N4O2. The van der Waals surface area contributed by atoms with Gasteiger partial charge in [-0.25, -0.2) is 9.97 Å². The molecule has 0 unspecified atom stereocenters. The number of rotatable bonds is 3. The number of nitrogens with one attached hydrogen (secondary N) is 1. The first kappa shape index (κ1) is 14.5. The van der Waals surface area contributed by atoms with Crippen LogP contribution in [-0.4, -0.2) is 29.1 Å². The van der Waals surface area contributed by atoms with Crippen molar-refractivity contribution < 1.29 is 9.53 Å². The lowest BCUT2D eigenvalue weighted by atomic mass is 9.91. The van der Waals surface area contributed by atoms with E-state index in [1.54, 1.807) is 0 Å². The number of hydrogen-bond acceptors (Lipinski definition) is 5. The fourth-order valence-corrected chi connectivity index (χ4v) is 2.62. The summed E-state index contributed by atoms with van der Waals surface area (Å²) in [6.45, 7) is 1.58. The molecule has 6 nitrogen and oxygen atoms in total. The maximum Gasteiger partial charge on any atom is 0.278 e. The van der Waals surface area contributed by atoms with Gasteiger partial charge in [0.1, 0.15) is 0 Å². The molecule has 3 rings (SSSR count). The summed E-state index contributed by atoms with van der Waals surface area (Å²) in [6, 6.07) is 7.89. The Labute approximate surface area is 128 Å². The van der Waals surface area contributed by atoms with Gasteiger partial charge in [-0.3, -0.25) is 4.79 Å². The van der Waals surface area contributed by atoms with E-state index in [1.807, 2.05) is 18.2 Å². The Hall–Kier alpha value is -2.47. The van der Waals surface area contributed by atoms with Crippen molar-refractivity contribution >= 4 is 17.4 Å². The zero-order chi connectivity index (χ0) is 15.4. The minimum absolute atomic E-state index is 0.126. The van der Waals surface area contributed by atoms with Crippen LogP contribution in [0, 0.1) is 0 Å². The third-order valence-corrected chi connectivity index (χ3v) is 3.78. The number of amides is 1. The first-order valence-electron chi connectivity index (χ1n) is 7.29. The minimum Gasteiger partial charge on any atom is -0.382 e. The predicted octanol–water partition coefficient (Wildman–Crippen LogP) is 2.21. The van der Waals surface area contributed by atoms with Crippen LogP contribution >= 0.6 is 0 Å². The van der Waals surface area contributed by atoms with Gasteiger partial charge in [0.05, 0.1) is 0 Å².